The summed E-state index contributed by atoms with van der Waals surface area (Å²) in [6, 6.07) is 14.4. The molecule has 138 valence electrons. The lowest BCUT2D eigenvalue weighted by atomic mass is 10.0. The van der Waals surface area contributed by atoms with Crippen molar-refractivity contribution in [2.45, 2.75) is 25.9 Å². The number of carbonyl (C=O) groups excluding carboxylic acids is 2. The number of hydrogen-bond acceptors (Lipinski definition) is 4. The summed E-state index contributed by atoms with van der Waals surface area (Å²) in [5, 5.41) is 5.69. The Kier molecular flexibility index (Phi) is 7.02. The number of rotatable bonds is 8. The summed E-state index contributed by atoms with van der Waals surface area (Å²) < 4.78 is 10.4. The van der Waals surface area contributed by atoms with Crippen molar-refractivity contribution < 1.29 is 19.1 Å². The summed E-state index contributed by atoms with van der Waals surface area (Å²) in [4.78, 5) is 23.9. The molecule has 0 saturated heterocycles. The highest BCUT2D eigenvalue weighted by Crippen LogP contribution is 2.21. The quantitative estimate of drug-likeness (QED) is 0.762. The summed E-state index contributed by atoms with van der Waals surface area (Å²) in [5.74, 6) is 1.09. The number of amides is 2. The highest BCUT2D eigenvalue weighted by molar-refractivity contribution is 5.79. The smallest absolute Gasteiger partial charge is 0.222 e. The third-order valence-corrected chi connectivity index (χ3v) is 3.95. The van der Waals surface area contributed by atoms with Crippen LogP contribution in [0.15, 0.2) is 48.5 Å². The summed E-state index contributed by atoms with van der Waals surface area (Å²) in [7, 11) is 3.18. The zero-order valence-corrected chi connectivity index (χ0v) is 15.2. The van der Waals surface area contributed by atoms with Gasteiger partial charge in [0.05, 0.1) is 26.7 Å². The molecule has 0 bridgehead atoms. The molecule has 6 heteroatoms. The molecule has 1 atom stereocenters. The van der Waals surface area contributed by atoms with Crippen molar-refractivity contribution >= 4 is 11.8 Å². The molecule has 2 rings (SSSR count). The number of carbonyl (C=O) groups is 2. The van der Waals surface area contributed by atoms with E-state index >= 15 is 0 Å². The number of benzene rings is 2. The first kappa shape index (κ1) is 19.3. The van der Waals surface area contributed by atoms with Gasteiger partial charge in [0.2, 0.25) is 11.8 Å². The lowest BCUT2D eigenvalue weighted by molar-refractivity contribution is -0.122. The van der Waals surface area contributed by atoms with Crippen LogP contribution in [0.4, 0.5) is 0 Å². The van der Waals surface area contributed by atoms with Crippen LogP contribution in [0.25, 0.3) is 0 Å². The van der Waals surface area contributed by atoms with Crippen LogP contribution in [0, 0.1) is 0 Å². The van der Waals surface area contributed by atoms with Gasteiger partial charge in [0.1, 0.15) is 11.5 Å². The van der Waals surface area contributed by atoms with Crippen molar-refractivity contribution in [1.29, 1.82) is 0 Å². The molecule has 0 radical (unpaired) electrons. The van der Waals surface area contributed by atoms with Gasteiger partial charge in [0.15, 0.2) is 0 Å². The van der Waals surface area contributed by atoms with Crippen molar-refractivity contribution in [3.63, 3.8) is 0 Å². The van der Waals surface area contributed by atoms with Crippen LogP contribution in [-0.4, -0.2) is 26.0 Å². The Bertz CT molecular complexity index is 744. The van der Waals surface area contributed by atoms with E-state index in [2.05, 4.69) is 10.6 Å². The SMILES string of the molecule is COc1ccc(C(CC(=O)NCc2ccccc2OC)NC(C)=O)cc1. The van der Waals surface area contributed by atoms with E-state index in [1.54, 1.807) is 26.4 Å². The Labute approximate surface area is 153 Å². The van der Waals surface area contributed by atoms with Crippen molar-refractivity contribution in [2.24, 2.45) is 0 Å². The van der Waals surface area contributed by atoms with Crippen molar-refractivity contribution in [3.8, 4) is 11.5 Å². The van der Waals surface area contributed by atoms with Gasteiger partial charge >= 0.3 is 0 Å². The summed E-state index contributed by atoms with van der Waals surface area (Å²) in [6.07, 6.45) is 0.140. The molecule has 2 amide bonds. The molecule has 2 aromatic carbocycles. The number of methoxy groups -OCH3 is 2. The van der Waals surface area contributed by atoms with Gasteiger partial charge in [-0.2, -0.15) is 0 Å². The van der Waals surface area contributed by atoms with Crippen LogP contribution in [0.2, 0.25) is 0 Å². The molecule has 0 aliphatic rings. The van der Waals surface area contributed by atoms with Gasteiger partial charge in [-0.15, -0.1) is 0 Å². The lowest BCUT2D eigenvalue weighted by Gasteiger charge is -2.18. The van der Waals surface area contributed by atoms with Crippen molar-refractivity contribution in [3.05, 3.63) is 59.7 Å². The Morgan fingerprint density at radius 1 is 1.00 bits per heavy atom. The van der Waals surface area contributed by atoms with E-state index in [0.717, 1.165) is 22.6 Å². The minimum Gasteiger partial charge on any atom is -0.497 e. The zero-order chi connectivity index (χ0) is 18.9. The molecule has 0 aliphatic carbocycles. The second-order valence-electron chi connectivity index (χ2n) is 5.82. The molecule has 2 aromatic rings. The summed E-state index contributed by atoms with van der Waals surface area (Å²) in [5.41, 5.74) is 1.73. The summed E-state index contributed by atoms with van der Waals surface area (Å²) in [6.45, 7) is 1.79. The molecule has 0 heterocycles. The van der Waals surface area contributed by atoms with Crippen LogP contribution < -0.4 is 20.1 Å². The highest BCUT2D eigenvalue weighted by atomic mass is 16.5. The standard InChI is InChI=1S/C20H24N2O4/c1-14(23)22-18(15-8-10-17(25-2)11-9-15)12-20(24)21-13-16-6-4-5-7-19(16)26-3/h4-11,18H,12-13H2,1-3H3,(H,21,24)(H,22,23). The van der Waals surface area contributed by atoms with Crippen molar-refractivity contribution in [1.82, 2.24) is 10.6 Å². The second kappa shape index (κ2) is 9.46. The molecule has 0 aliphatic heterocycles. The number of ether oxygens (including phenoxy) is 2. The van der Waals surface area contributed by atoms with E-state index in [1.807, 2.05) is 36.4 Å². The van der Waals surface area contributed by atoms with Crippen LogP contribution in [-0.2, 0) is 16.1 Å². The number of para-hydroxylation sites is 1. The van der Waals surface area contributed by atoms with Crippen molar-refractivity contribution in [2.75, 3.05) is 14.2 Å². The Morgan fingerprint density at radius 2 is 1.69 bits per heavy atom. The Balaban J connectivity index is 2.02. The fourth-order valence-corrected chi connectivity index (χ4v) is 2.63. The lowest BCUT2D eigenvalue weighted by Crippen LogP contribution is -2.32. The van der Waals surface area contributed by atoms with E-state index in [-0.39, 0.29) is 18.2 Å². The molecule has 0 fully saturated rings. The first-order valence-electron chi connectivity index (χ1n) is 8.33. The molecular formula is C20H24N2O4. The Hall–Kier alpha value is -3.02. The topological polar surface area (TPSA) is 76.7 Å². The molecular weight excluding hydrogens is 332 g/mol. The Morgan fingerprint density at radius 3 is 2.31 bits per heavy atom. The molecule has 0 spiro atoms. The van der Waals surface area contributed by atoms with E-state index in [4.69, 9.17) is 9.47 Å². The molecule has 6 nitrogen and oxygen atoms in total. The molecule has 0 aromatic heterocycles. The second-order valence-corrected chi connectivity index (χ2v) is 5.82. The molecule has 0 saturated carbocycles. The predicted molar refractivity (Wildman–Crippen MR) is 99.0 cm³/mol. The van der Waals surface area contributed by atoms with Gasteiger partial charge in [-0.1, -0.05) is 30.3 Å². The van der Waals surface area contributed by atoms with Gasteiger partial charge in [0.25, 0.3) is 0 Å². The van der Waals surface area contributed by atoms with Gasteiger partial charge in [-0.05, 0) is 23.8 Å². The predicted octanol–water partition coefficient (Wildman–Crippen LogP) is 2.59. The largest absolute Gasteiger partial charge is 0.497 e. The minimum absolute atomic E-state index is 0.140. The maximum atomic E-state index is 12.4. The van der Waals surface area contributed by atoms with E-state index in [1.165, 1.54) is 6.92 Å². The van der Waals surface area contributed by atoms with Gasteiger partial charge in [-0.3, -0.25) is 9.59 Å². The average Bonchev–Trinajstić information content (AvgIpc) is 2.65. The molecule has 2 N–H and O–H groups in total. The summed E-state index contributed by atoms with van der Waals surface area (Å²) >= 11 is 0. The maximum absolute atomic E-state index is 12.4. The van der Waals surface area contributed by atoms with E-state index < -0.39 is 6.04 Å². The fraction of sp³-hybridized carbons (Fsp3) is 0.300. The zero-order valence-electron chi connectivity index (χ0n) is 15.2. The van der Waals surface area contributed by atoms with Crippen LogP contribution in [0.5, 0.6) is 11.5 Å². The maximum Gasteiger partial charge on any atom is 0.222 e. The first-order chi connectivity index (χ1) is 12.5. The molecule has 26 heavy (non-hydrogen) atoms. The van der Waals surface area contributed by atoms with E-state index in [9.17, 15) is 9.59 Å². The number of hydrogen-bond donors (Lipinski definition) is 2. The van der Waals surface area contributed by atoms with Gasteiger partial charge < -0.3 is 20.1 Å². The third kappa shape index (κ3) is 5.51. The monoisotopic (exact) mass is 356 g/mol. The minimum atomic E-state index is -0.406. The van der Waals surface area contributed by atoms with Gasteiger partial charge in [0, 0.05) is 19.0 Å². The van der Waals surface area contributed by atoms with E-state index in [0.29, 0.717) is 6.54 Å². The first-order valence-corrected chi connectivity index (χ1v) is 8.33. The van der Waals surface area contributed by atoms with Gasteiger partial charge in [-0.25, -0.2) is 0 Å². The van der Waals surface area contributed by atoms with Crippen LogP contribution in [0.1, 0.15) is 30.5 Å². The fourth-order valence-electron chi connectivity index (χ4n) is 2.63. The normalized spacial score (nSPS) is 11.3. The highest BCUT2D eigenvalue weighted by Gasteiger charge is 2.17. The van der Waals surface area contributed by atoms with Crippen LogP contribution >= 0.6 is 0 Å². The number of nitrogens with one attached hydrogen (secondary N) is 2. The molecule has 1 unspecified atom stereocenters. The van der Waals surface area contributed by atoms with Crippen LogP contribution in [0.3, 0.4) is 0 Å². The average molecular weight is 356 g/mol. The third-order valence-electron chi connectivity index (χ3n) is 3.95.